The molecule has 0 radical (unpaired) electrons. The van der Waals surface area contributed by atoms with Gasteiger partial charge in [-0.15, -0.1) is 5.10 Å². The van der Waals surface area contributed by atoms with E-state index in [1.807, 2.05) is 38.1 Å². The summed E-state index contributed by atoms with van der Waals surface area (Å²) in [7, 11) is 0. The first-order valence-electron chi connectivity index (χ1n) is 5.67. The first-order valence-corrected chi connectivity index (χ1v) is 5.67. The van der Waals surface area contributed by atoms with Gasteiger partial charge in [-0.3, -0.25) is 0 Å². The topological polar surface area (TPSA) is 54.5 Å². The van der Waals surface area contributed by atoms with Crippen LogP contribution in [-0.4, -0.2) is 15.0 Å². The molecule has 1 heterocycles. The number of hydrogen-bond acceptors (Lipinski definition) is 3. The lowest BCUT2D eigenvalue weighted by Gasteiger charge is -2.08. The van der Waals surface area contributed by atoms with Gasteiger partial charge in [-0.1, -0.05) is 41.6 Å². The lowest BCUT2D eigenvalue weighted by atomic mass is 10.0. The third kappa shape index (κ3) is 2.16. The van der Waals surface area contributed by atoms with E-state index >= 15 is 0 Å². The second-order valence-electron chi connectivity index (χ2n) is 4.33. The highest BCUT2D eigenvalue weighted by molar-refractivity contribution is 5.68. The van der Waals surface area contributed by atoms with Gasteiger partial charge in [-0.25, -0.2) is 4.68 Å². The van der Waals surface area contributed by atoms with Crippen molar-refractivity contribution in [3.8, 4) is 17.3 Å². The Morgan fingerprint density at radius 3 is 2.78 bits per heavy atom. The van der Waals surface area contributed by atoms with Crippen molar-refractivity contribution in [3.63, 3.8) is 0 Å². The highest BCUT2D eigenvalue weighted by atomic mass is 15.4. The standard InChI is InChI=1S/C14H14N4/c1-10(2)9-18-14(13(8-15)16-17-18)12-7-5-4-6-11(12)3/h4-7H,1,9H2,2-3H3. The van der Waals surface area contributed by atoms with Gasteiger partial charge in [0, 0.05) is 5.56 Å². The number of nitriles is 1. The van der Waals surface area contributed by atoms with Gasteiger partial charge in [0.15, 0.2) is 5.69 Å². The molecule has 2 rings (SSSR count). The molecule has 0 spiro atoms. The van der Waals surface area contributed by atoms with E-state index < -0.39 is 0 Å². The van der Waals surface area contributed by atoms with E-state index in [-0.39, 0.29) is 0 Å². The van der Waals surface area contributed by atoms with Crippen molar-refractivity contribution in [2.24, 2.45) is 0 Å². The lowest BCUT2D eigenvalue weighted by molar-refractivity contribution is 0.649. The number of rotatable bonds is 3. The fourth-order valence-electron chi connectivity index (χ4n) is 1.86. The zero-order valence-corrected chi connectivity index (χ0v) is 10.5. The van der Waals surface area contributed by atoms with Gasteiger partial charge in [0.25, 0.3) is 0 Å². The highest BCUT2D eigenvalue weighted by Crippen LogP contribution is 2.25. The Morgan fingerprint density at radius 1 is 1.44 bits per heavy atom. The second kappa shape index (κ2) is 4.84. The third-order valence-corrected chi connectivity index (χ3v) is 2.66. The Morgan fingerprint density at radius 2 is 2.17 bits per heavy atom. The molecule has 1 aromatic carbocycles. The van der Waals surface area contributed by atoms with Gasteiger partial charge in [0.2, 0.25) is 0 Å². The zero-order valence-electron chi connectivity index (χ0n) is 10.5. The fourth-order valence-corrected chi connectivity index (χ4v) is 1.86. The minimum Gasteiger partial charge on any atom is -0.239 e. The summed E-state index contributed by atoms with van der Waals surface area (Å²) >= 11 is 0. The molecular formula is C14H14N4. The molecule has 2 aromatic rings. The van der Waals surface area contributed by atoms with Crippen LogP contribution in [0.4, 0.5) is 0 Å². The Balaban J connectivity index is 2.62. The molecular weight excluding hydrogens is 224 g/mol. The molecule has 0 amide bonds. The Labute approximate surface area is 106 Å². The van der Waals surface area contributed by atoms with E-state index in [9.17, 15) is 0 Å². The molecule has 0 N–H and O–H groups in total. The summed E-state index contributed by atoms with van der Waals surface area (Å²) in [6, 6.07) is 9.99. The van der Waals surface area contributed by atoms with Crippen molar-refractivity contribution in [2.45, 2.75) is 20.4 Å². The Kier molecular flexibility index (Phi) is 3.24. The van der Waals surface area contributed by atoms with Crippen molar-refractivity contribution in [1.82, 2.24) is 15.0 Å². The summed E-state index contributed by atoms with van der Waals surface area (Å²) in [6.07, 6.45) is 0. The van der Waals surface area contributed by atoms with Crippen LogP contribution in [0.5, 0.6) is 0 Å². The second-order valence-corrected chi connectivity index (χ2v) is 4.33. The molecule has 1 aromatic heterocycles. The number of hydrogen-bond donors (Lipinski definition) is 0. The molecule has 0 aliphatic rings. The number of nitrogens with zero attached hydrogens (tertiary/aromatic N) is 4. The molecule has 0 saturated heterocycles. The normalized spacial score (nSPS) is 10.1. The van der Waals surface area contributed by atoms with Crippen molar-refractivity contribution in [2.75, 3.05) is 0 Å². The van der Waals surface area contributed by atoms with E-state index in [1.54, 1.807) is 4.68 Å². The first kappa shape index (κ1) is 12.1. The van der Waals surface area contributed by atoms with Gasteiger partial charge >= 0.3 is 0 Å². The lowest BCUT2D eigenvalue weighted by Crippen LogP contribution is -2.04. The molecule has 4 heteroatoms. The number of aromatic nitrogens is 3. The molecule has 4 nitrogen and oxygen atoms in total. The highest BCUT2D eigenvalue weighted by Gasteiger charge is 2.16. The maximum absolute atomic E-state index is 9.13. The third-order valence-electron chi connectivity index (χ3n) is 2.66. The Hall–Kier alpha value is -2.41. The quantitative estimate of drug-likeness (QED) is 0.772. The van der Waals surface area contributed by atoms with E-state index in [4.69, 9.17) is 5.26 Å². The van der Waals surface area contributed by atoms with Crippen molar-refractivity contribution in [1.29, 1.82) is 5.26 Å². The first-order chi connectivity index (χ1) is 8.63. The minimum absolute atomic E-state index is 0.352. The van der Waals surface area contributed by atoms with E-state index in [2.05, 4.69) is 23.0 Å². The van der Waals surface area contributed by atoms with E-state index in [0.29, 0.717) is 12.2 Å². The minimum atomic E-state index is 0.352. The van der Waals surface area contributed by atoms with Gasteiger partial charge in [0.1, 0.15) is 11.8 Å². The van der Waals surface area contributed by atoms with Crippen LogP contribution in [0.1, 0.15) is 18.2 Å². The number of aryl methyl sites for hydroxylation is 1. The van der Waals surface area contributed by atoms with E-state index in [1.165, 1.54) is 0 Å². The molecule has 0 atom stereocenters. The van der Waals surface area contributed by atoms with Gasteiger partial charge in [0.05, 0.1) is 6.54 Å². The molecule has 0 bridgehead atoms. The van der Waals surface area contributed by atoms with Crippen LogP contribution >= 0.6 is 0 Å². The predicted octanol–water partition coefficient (Wildman–Crippen LogP) is 2.70. The fraction of sp³-hybridized carbons (Fsp3) is 0.214. The molecule has 0 aliphatic heterocycles. The maximum Gasteiger partial charge on any atom is 0.190 e. The smallest absolute Gasteiger partial charge is 0.190 e. The van der Waals surface area contributed by atoms with Crippen molar-refractivity contribution >= 4 is 0 Å². The molecule has 0 saturated carbocycles. The molecule has 0 aliphatic carbocycles. The monoisotopic (exact) mass is 238 g/mol. The average molecular weight is 238 g/mol. The number of allylic oxidation sites excluding steroid dienone is 1. The molecule has 0 unspecified atom stereocenters. The summed E-state index contributed by atoms with van der Waals surface area (Å²) in [5.74, 6) is 0. The van der Waals surface area contributed by atoms with Crippen LogP contribution < -0.4 is 0 Å². The molecule has 0 fully saturated rings. The zero-order chi connectivity index (χ0) is 13.1. The van der Waals surface area contributed by atoms with Gasteiger partial charge in [-0.2, -0.15) is 5.26 Å². The van der Waals surface area contributed by atoms with Crippen molar-refractivity contribution < 1.29 is 0 Å². The van der Waals surface area contributed by atoms with Crippen LogP contribution in [0.2, 0.25) is 0 Å². The predicted molar refractivity (Wildman–Crippen MR) is 69.7 cm³/mol. The average Bonchev–Trinajstić information content (AvgIpc) is 2.72. The molecule has 18 heavy (non-hydrogen) atoms. The van der Waals surface area contributed by atoms with Crippen LogP contribution in [0.25, 0.3) is 11.3 Å². The van der Waals surface area contributed by atoms with Gasteiger partial charge < -0.3 is 0 Å². The summed E-state index contributed by atoms with van der Waals surface area (Å²) < 4.78 is 1.73. The maximum atomic E-state index is 9.13. The summed E-state index contributed by atoms with van der Waals surface area (Å²) in [4.78, 5) is 0. The van der Waals surface area contributed by atoms with Crippen LogP contribution in [-0.2, 0) is 6.54 Å². The van der Waals surface area contributed by atoms with Crippen molar-refractivity contribution in [3.05, 3.63) is 47.7 Å². The number of benzene rings is 1. The Bertz CT molecular complexity index is 631. The van der Waals surface area contributed by atoms with Crippen LogP contribution in [0.3, 0.4) is 0 Å². The van der Waals surface area contributed by atoms with Crippen LogP contribution in [0, 0.1) is 18.3 Å². The van der Waals surface area contributed by atoms with E-state index in [0.717, 1.165) is 22.4 Å². The van der Waals surface area contributed by atoms with Crippen LogP contribution in [0.15, 0.2) is 36.4 Å². The largest absolute Gasteiger partial charge is 0.239 e. The van der Waals surface area contributed by atoms with Gasteiger partial charge in [-0.05, 0) is 19.4 Å². The summed E-state index contributed by atoms with van der Waals surface area (Å²) in [5.41, 5.74) is 4.17. The SMILES string of the molecule is C=C(C)Cn1nnc(C#N)c1-c1ccccc1C. The summed E-state index contributed by atoms with van der Waals surface area (Å²) in [6.45, 7) is 8.37. The molecule has 90 valence electrons. The summed E-state index contributed by atoms with van der Waals surface area (Å²) in [5, 5.41) is 17.1.